The molecule has 1 aromatic carbocycles. The number of likely N-dealkylation sites (N-methyl/N-ethyl adjacent to an activating group) is 1. The molecule has 24 heavy (non-hydrogen) atoms. The lowest BCUT2D eigenvalue weighted by atomic mass is 10.0. The molecule has 1 aliphatic heterocycles. The van der Waals surface area contributed by atoms with Crippen molar-refractivity contribution >= 4 is 15.5 Å². The maximum absolute atomic E-state index is 13.8. The Bertz CT molecular complexity index is 658. The van der Waals surface area contributed by atoms with E-state index in [1.54, 1.807) is 6.07 Å². The standard InChI is InChI=1S/C17H28FN3O2S/c1-13(12-24(4,22)23)19-14(2)16-11-15(18)5-6-17(16)21-9-7-20(3)8-10-21/h5-6,11,13-14,19H,7-10,12H2,1-4H3. The second kappa shape index (κ2) is 7.80. The van der Waals surface area contributed by atoms with Crippen LogP contribution in [0, 0.1) is 5.82 Å². The summed E-state index contributed by atoms with van der Waals surface area (Å²) in [5.74, 6) is -0.205. The number of halogens is 1. The summed E-state index contributed by atoms with van der Waals surface area (Å²) in [7, 11) is -0.951. The molecule has 1 saturated heterocycles. The summed E-state index contributed by atoms with van der Waals surface area (Å²) in [6.45, 7) is 7.55. The number of sulfone groups is 1. The zero-order chi connectivity index (χ0) is 17.9. The van der Waals surface area contributed by atoms with E-state index in [0.29, 0.717) is 0 Å². The molecule has 1 aromatic rings. The SMILES string of the molecule is CC(CS(C)(=O)=O)NC(C)c1cc(F)ccc1N1CCN(C)CC1. The highest BCUT2D eigenvalue weighted by Crippen LogP contribution is 2.28. The number of anilines is 1. The summed E-state index contributed by atoms with van der Waals surface area (Å²) < 4.78 is 36.7. The fraction of sp³-hybridized carbons (Fsp3) is 0.647. The number of hydrogen-bond donors (Lipinski definition) is 1. The van der Waals surface area contributed by atoms with Gasteiger partial charge in [-0.15, -0.1) is 0 Å². The molecule has 0 saturated carbocycles. The normalized spacial score (nSPS) is 19.3. The van der Waals surface area contributed by atoms with E-state index in [0.717, 1.165) is 37.4 Å². The Hall–Kier alpha value is -1.18. The Morgan fingerprint density at radius 3 is 2.42 bits per heavy atom. The highest BCUT2D eigenvalue weighted by atomic mass is 32.2. The van der Waals surface area contributed by atoms with Crippen LogP contribution in [0.15, 0.2) is 18.2 Å². The molecule has 0 amide bonds. The quantitative estimate of drug-likeness (QED) is 0.839. The molecule has 1 N–H and O–H groups in total. The smallest absolute Gasteiger partial charge is 0.148 e. The first-order valence-electron chi connectivity index (χ1n) is 8.32. The third-order valence-corrected chi connectivity index (χ3v) is 5.49. The van der Waals surface area contributed by atoms with E-state index in [9.17, 15) is 12.8 Å². The van der Waals surface area contributed by atoms with Gasteiger partial charge in [0.15, 0.2) is 0 Å². The lowest BCUT2D eigenvalue weighted by Gasteiger charge is -2.36. The number of rotatable bonds is 6. The minimum absolute atomic E-state index is 0.0660. The topological polar surface area (TPSA) is 52.7 Å². The van der Waals surface area contributed by atoms with E-state index in [-0.39, 0.29) is 23.7 Å². The molecule has 136 valence electrons. The van der Waals surface area contributed by atoms with Crippen LogP contribution in [0.2, 0.25) is 0 Å². The molecule has 5 nitrogen and oxygen atoms in total. The van der Waals surface area contributed by atoms with Gasteiger partial charge in [-0.25, -0.2) is 12.8 Å². The largest absolute Gasteiger partial charge is 0.369 e. The molecule has 0 bridgehead atoms. The van der Waals surface area contributed by atoms with Crippen molar-refractivity contribution in [2.24, 2.45) is 0 Å². The van der Waals surface area contributed by atoms with Gasteiger partial charge in [0.05, 0.1) is 5.75 Å². The zero-order valence-electron chi connectivity index (χ0n) is 14.9. The van der Waals surface area contributed by atoms with Crippen molar-refractivity contribution in [2.45, 2.75) is 25.9 Å². The minimum atomic E-state index is -3.05. The van der Waals surface area contributed by atoms with Gasteiger partial charge in [0.25, 0.3) is 0 Å². The summed E-state index contributed by atoms with van der Waals surface area (Å²) >= 11 is 0. The molecular formula is C17H28FN3O2S. The van der Waals surface area contributed by atoms with Crippen molar-refractivity contribution < 1.29 is 12.8 Å². The lowest BCUT2D eigenvalue weighted by Crippen LogP contribution is -2.45. The molecule has 0 aliphatic carbocycles. The summed E-state index contributed by atoms with van der Waals surface area (Å²) in [5.41, 5.74) is 1.90. The maximum atomic E-state index is 13.8. The average Bonchev–Trinajstić information content (AvgIpc) is 2.46. The fourth-order valence-corrected chi connectivity index (χ4v) is 4.23. The zero-order valence-corrected chi connectivity index (χ0v) is 15.7. The third-order valence-electron chi connectivity index (χ3n) is 4.39. The highest BCUT2D eigenvalue weighted by molar-refractivity contribution is 7.90. The van der Waals surface area contributed by atoms with Crippen LogP contribution in [0.1, 0.15) is 25.5 Å². The molecular weight excluding hydrogens is 329 g/mol. The first kappa shape index (κ1) is 19.1. The van der Waals surface area contributed by atoms with E-state index in [4.69, 9.17) is 0 Å². The Kier molecular flexibility index (Phi) is 6.22. The van der Waals surface area contributed by atoms with E-state index in [1.807, 2.05) is 19.9 Å². The van der Waals surface area contributed by atoms with Crippen LogP contribution in [0.5, 0.6) is 0 Å². The van der Waals surface area contributed by atoms with Crippen LogP contribution in [0.4, 0.5) is 10.1 Å². The monoisotopic (exact) mass is 357 g/mol. The van der Waals surface area contributed by atoms with Crippen molar-refractivity contribution in [3.63, 3.8) is 0 Å². The first-order chi connectivity index (χ1) is 11.2. The number of benzene rings is 1. The fourth-order valence-electron chi connectivity index (χ4n) is 3.23. The molecule has 0 radical (unpaired) electrons. The van der Waals surface area contributed by atoms with Crippen LogP contribution in [0.3, 0.4) is 0 Å². The number of piperazine rings is 1. The number of nitrogens with one attached hydrogen (secondary N) is 1. The van der Waals surface area contributed by atoms with Gasteiger partial charge in [0, 0.05) is 50.2 Å². The van der Waals surface area contributed by atoms with E-state index >= 15 is 0 Å². The summed E-state index contributed by atoms with van der Waals surface area (Å²) in [6.07, 6.45) is 1.23. The second-order valence-electron chi connectivity index (χ2n) is 6.88. The van der Waals surface area contributed by atoms with Crippen molar-refractivity contribution in [1.82, 2.24) is 10.2 Å². The Morgan fingerprint density at radius 1 is 1.21 bits per heavy atom. The Morgan fingerprint density at radius 2 is 1.83 bits per heavy atom. The molecule has 1 aliphatic rings. The molecule has 1 fully saturated rings. The predicted octanol–water partition coefficient (Wildman–Crippen LogP) is 1.66. The van der Waals surface area contributed by atoms with E-state index < -0.39 is 9.84 Å². The van der Waals surface area contributed by atoms with Gasteiger partial charge in [0.1, 0.15) is 15.7 Å². The number of hydrogen-bond acceptors (Lipinski definition) is 5. The van der Waals surface area contributed by atoms with Crippen molar-refractivity contribution in [2.75, 3.05) is 50.1 Å². The summed E-state index contributed by atoms with van der Waals surface area (Å²) in [4.78, 5) is 4.55. The van der Waals surface area contributed by atoms with Gasteiger partial charge in [-0.2, -0.15) is 0 Å². The van der Waals surface area contributed by atoms with Gasteiger partial charge in [-0.3, -0.25) is 0 Å². The Balaban J connectivity index is 2.17. The third kappa shape index (κ3) is 5.43. The van der Waals surface area contributed by atoms with Gasteiger partial charge in [-0.05, 0) is 44.7 Å². The van der Waals surface area contributed by atoms with Crippen LogP contribution in [-0.2, 0) is 9.84 Å². The summed E-state index contributed by atoms with van der Waals surface area (Å²) in [5, 5.41) is 3.29. The van der Waals surface area contributed by atoms with Crippen LogP contribution in [-0.4, -0.2) is 64.6 Å². The molecule has 0 aromatic heterocycles. The Labute approximate surface area is 144 Å². The van der Waals surface area contributed by atoms with E-state index in [1.165, 1.54) is 12.3 Å². The average molecular weight is 357 g/mol. The second-order valence-corrected chi connectivity index (χ2v) is 9.06. The number of nitrogens with zero attached hydrogens (tertiary/aromatic N) is 2. The minimum Gasteiger partial charge on any atom is -0.369 e. The molecule has 2 rings (SSSR count). The highest BCUT2D eigenvalue weighted by Gasteiger charge is 2.21. The van der Waals surface area contributed by atoms with Crippen molar-refractivity contribution in [3.05, 3.63) is 29.6 Å². The van der Waals surface area contributed by atoms with Crippen LogP contribution < -0.4 is 10.2 Å². The molecule has 0 spiro atoms. The maximum Gasteiger partial charge on any atom is 0.148 e. The lowest BCUT2D eigenvalue weighted by molar-refractivity contribution is 0.312. The van der Waals surface area contributed by atoms with Gasteiger partial charge in [-0.1, -0.05) is 0 Å². The van der Waals surface area contributed by atoms with Crippen LogP contribution >= 0.6 is 0 Å². The van der Waals surface area contributed by atoms with Crippen molar-refractivity contribution in [3.8, 4) is 0 Å². The molecule has 2 unspecified atom stereocenters. The van der Waals surface area contributed by atoms with Gasteiger partial charge in [0.2, 0.25) is 0 Å². The van der Waals surface area contributed by atoms with E-state index in [2.05, 4.69) is 22.2 Å². The predicted molar refractivity (Wildman–Crippen MR) is 96.8 cm³/mol. The molecule has 2 atom stereocenters. The van der Waals surface area contributed by atoms with Crippen LogP contribution in [0.25, 0.3) is 0 Å². The van der Waals surface area contributed by atoms with Crippen molar-refractivity contribution in [1.29, 1.82) is 0 Å². The van der Waals surface area contributed by atoms with Gasteiger partial charge < -0.3 is 15.1 Å². The molecule has 1 heterocycles. The van der Waals surface area contributed by atoms with Gasteiger partial charge >= 0.3 is 0 Å². The molecule has 7 heteroatoms. The summed E-state index contributed by atoms with van der Waals surface area (Å²) in [6, 6.07) is 4.54. The first-order valence-corrected chi connectivity index (χ1v) is 10.4.